The SMILES string of the molecule is NC1C(OCC(O)C2OC(O)C(O)C(O)C2O)OC(CO)C(O)C1O. The molecule has 0 saturated carbocycles. The van der Waals surface area contributed by atoms with E-state index in [-0.39, 0.29) is 0 Å². The van der Waals surface area contributed by atoms with E-state index >= 15 is 0 Å². The third-order valence-electron chi connectivity index (χ3n) is 4.36. The van der Waals surface area contributed by atoms with Gasteiger partial charge >= 0.3 is 0 Å². The maximum Gasteiger partial charge on any atom is 0.184 e. The first-order valence-corrected chi connectivity index (χ1v) is 7.74. The van der Waals surface area contributed by atoms with Gasteiger partial charge in [0.1, 0.15) is 48.8 Å². The van der Waals surface area contributed by atoms with E-state index < -0.39 is 80.7 Å². The van der Waals surface area contributed by atoms with E-state index in [2.05, 4.69) is 0 Å². The average molecular weight is 371 g/mol. The maximum absolute atomic E-state index is 10.1. The fraction of sp³-hybridized carbons (Fsp3) is 1.00. The normalized spacial score (nSPS) is 49.8. The van der Waals surface area contributed by atoms with E-state index in [9.17, 15) is 35.7 Å². The summed E-state index contributed by atoms with van der Waals surface area (Å²) in [6, 6.07) is -1.18. The number of hydrogen-bond donors (Lipinski definition) is 9. The zero-order valence-electron chi connectivity index (χ0n) is 13.1. The summed E-state index contributed by atoms with van der Waals surface area (Å²) in [5.74, 6) is 0. The van der Waals surface area contributed by atoms with Gasteiger partial charge in [-0.2, -0.15) is 0 Å². The molecule has 0 aromatic carbocycles. The Labute approximate surface area is 142 Å². The minimum atomic E-state index is -1.82. The number of aliphatic hydroxyl groups is 8. The van der Waals surface area contributed by atoms with Gasteiger partial charge in [-0.15, -0.1) is 0 Å². The lowest BCUT2D eigenvalue weighted by molar-refractivity contribution is -0.308. The van der Waals surface area contributed by atoms with Crippen molar-refractivity contribution in [3.63, 3.8) is 0 Å². The van der Waals surface area contributed by atoms with Crippen LogP contribution in [0.5, 0.6) is 0 Å². The largest absolute Gasteiger partial charge is 0.394 e. The van der Waals surface area contributed by atoms with Gasteiger partial charge in [0.05, 0.1) is 19.3 Å². The lowest BCUT2D eigenvalue weighted by Gasteiger charge is -2.42. The molecule has 25 heavy (non-hydrogen) atoms. The van der Waals surface area contributed by atoms with Crippen molar-refractivity contribution in [2.24, 2.45) is 5.73 Å². The fourth-order valence-electron chi connectivity index (χ4n) is 2.75. The van der Waals surface area contributed by atoms with Crippen molar-refractivity contribution in [3.8, 4) is 0 Å². The van der Waals surface area contributed by atoms with E-state index in [1.165, 1.54) is 0 Å². The predicted octanol–water partition coefficient (Wildman–Crippen LogP) is -6.07. The minimum absolute atomic E-state index is 0.545. The van der Waals surface area contributed by atoms with Crippen LogP contribution in [-0.2, 0) is 14.2 Å². The van der Waals surface area contributed by atoms with Crippen LogP contribution in [0.2, 0.25) is 0 Å². The van der Waals surface area contributed by atoms with Gasteiger partial charge in [0.25, 0.3) is 0 Å². The second kappa shape index (κ2) is 8.47. The number of ether oxygens (including phenoxy) is 3. The molecule has 12 nitrogen and oxygen atoms in total. The van der Waals surface area contributed by atoms with Crippen molar-refractivity contribution in [2.45, 2.75) is 67.5 Å². The van der Waals surface area contributed by atoms with Crippen LogP contribution >= 0.6 is 0 Å². The van der Waals surface area contributed by atoms with Crippen molar-refractivity contribution in [2.75, 3.05) is 13.2 Å². The molecule has 11 atom stereocenters. The van der Waals surface area contributed by atoms with Crippen molar-refractivity contribution in [1.29, 1.82) is 0 Å². The Morgan fingerprint density at radius 1 is 0.880 bits per heavy atom. The van der Waals surface area contributed by atoms with Crippen molar-refractivity contribution >= 4 is 0 Å². The van der Waals surface area contributed by atoms with E-state index in [1.54, 1.807) is 0 Å². The lowest BCUT2D eigenvalue weighted by Crippen LogP contribution is -2.63. The second-order valence-electron chi connectivity index (χ2n) is 6.15. The molecule has 2 heterocycles. The number of rotatable bonds is 5. The lowest BCUT2D eigenvalue weighted by atomic mass is 9.95. The first kappa shape index (κ1) is 20.8. The van der Waals surface area contributed by atoms with E-state index in [0.717, 1.165) is 0 Å². The van der Waals surface area contributed by atoms with Crippen LogP contribution in [0.25, 0.3) is 0 Å². The molecule has 0 aromatic heterocycles. The molecular formula is C13H25NO11. The van der Waals surface area contributed by atoms with Crippen LogP contribution in [0, 0.1) is 0 Å². The van der Waals surface area contributed by atoms with Gasteiger partial charge in [0, 0.05) is 0 Å². The Kier molecular flexibility index (Phi) is 7.06. The molecule has 0 aromatic rings. The third-order valence-corrected chi connectivity index (χ3v) is 4.36. The smallest absolute Gasteiger partial charge is 0.184 e. The summed E-state index contributed by atoms with van der Waals surface area (Å²) in [5, 5.41) is 76.9. The van der Waals surface area contributed by atoms with Crippen LogP contribution in [0.1, 0.15) is 0 Å². The van der Waals surface area contributed by atoms with E-state index in [4.69, 9.17) is 25.1 Å². The molecule has 12 heteroatoms. The number of hydrogen-bond acceptors (Lipinski definition) is 12. The Bertz CT molecular complexity index is 427. The topological polar surface area (TPSA) is 216 Å². The van der Waals surface area contributed by atoms with Crippen LogP contribution in [0.15, 0.2) is 0 Å². The van der Waals surface area contributed by atoms with Crippen LogP contribution in [0.4, 0.5) is 0 Å². The Hall–Kier alpha value is -0.480. The van der Waals surface area contributed by atoms with Gasteiger partial charge in [-0.3, -0.25) is 0 Å². The molecule has 2 fully saturated rings. The van der Waals surface area contributed by atoms with E-state index in [0.29, 0.717) is 0 Å². The Morgan fingerprint density at radius 3 is 2.12 bits per heavy atom. The van der Waals surface area contributed by atoms with Crippen LogP contribution in [-0.4, -0.2) is 122 Å². The first-order chi connectivity index (χ1) is 11.7. The second-order valence-corrected chi connectivity index (χ2v) is 6.15. The van der Waals surface area contributed by atoms with E-state index in [1.807, 2.05) is 0 Å². The molecule has 2 aliphatic heterocycles. The highest BCUT2D eigenvalue weighted by molar-refractivity contribution is 4.93. The first-order valence-electron chi connectivity index (χ1n) is 7.74. The molecule has 10 N–H and O–H groups in total. The molecular weight excluding hydrogens is 346 g/mol. The fourth-order valence-corrected chi connectivity index (χ4v) is 2.75. The van der Waals surface area contributed by atoms with Crippen LogP contribution in [0.3, 0.4) is 0 Å². The summed E-state index contributed by atoms with van der Waals surface area (Å²) in [6.45, 7) is -1.15. The van der Waals surface area contributed by atoms with Gasteiger partial charge in [0.2, 0.25) is 0 Å². The average Bonchev–Trinajstić information content (AvgIpc) is 2.60. The molecule has 0 aliphatic carbocycles. The summed E-state index contributed by atoms with van der Waals surface area (Å²) < 4.78 is 15.3. The number of aliphatic hydroxyl groups excluding tert-OH is 8. The molecule has 0 bridgehead atoms. The molecule has 2 saturated heterocycles. The number of nitrogens with two attached hydrogens (primary N) is 1. The third kappa shape index (κ3) is 4.27. The minimum Gasteiger partial charge on any atom is -0.394 e. The van der Waals surface area contributed by atoms with Crippen molar-refractivity contribution in [3.05, 3.63) is 0 Å². The Balaban J connectivity index is 1.93. The summed E-state index contributed by atoms with van der Waals surface area (Å²) in [7, 11) is 0. The van der Waals surface area contributed by atoms with Crippen molar-refractivity contribution in [1.82, 2.24) is 0 Å². The van der Waals surface area contributed by atoms with Gasteiger partial charge < -0.3 is 60.8 Å². The zero-order chi connectivity index (χ0) is 18.9. The summed E-state index contributed by atoms with van der Waals surface area (Å²) >= 11 is 0. The molecule has 2 rings (SSSR count). The molecule has 0 spiro atoms. The molecule has 148 valence electrons. The highest BCUT2D eigenvalue weighted by Crippen LogP contribution is 2.24. The molecule has 2 aliphatic rings. The highest BCUT2D eigenvalue weighted by Gasteiger charge is 2.47. The van der Waals surface area contributed by atoms with Gasteiger partial charge in [-0.25, -0.2) is 0 Å². The highest BCUT2D eigenvalue weighted by atomic mass is 16.7. The van der Waals surface area contributed by atoms with Gasteiger partial charge in [-0.05, 0) is 0 Å². The molecule has 11 unspecified atom stereocenters. The van der Waals surface area contributed by atoms with Gasteiger partial charge in [0.15, 0.2) is 12.6 Å². The predicted molar refractivity (Wildman–Crippen MR) is 76.6 cm³/mol. The zero-order valence-corrected chi connectivity index (χ0v) is 13.1. The summed E-state index contributed by atoms with van der Waals surface area (Å²) in [4.78, 5) is 0. The maximum atomic E-state index is 10.1. The van der Waals surface area contributed by atoms with Crippen molar-refractivity contribution < 1.29 is 55.1 Å². The molecule has 0 amide bonds. The summed E-state index contributed by atoms with van der Waals surface area (Å²) in [6.07, 6.45) is -15.3. The standard InChI is InChI=1S/C13H25NO11/c14-5-7(18)6(17)4(1-15)24-13(5)23-2-3(16)11-9(20)8(19)10(21)12(22)25-11/h3-13,15-22H,1-2,14H2. The van der Waals surface area contributed by atoms with Gasteiger partial charge in [-0.1, -0.05) is 0 Å². The van der Waals surface area contributed by atoms with Crippen LogP contribution < -0.4 is 5.73 Å². The monoisotopic (exact) mass is 371 g/mol. The molecule has 0 radical (unpaired) electrons. The Morgan fingerprint density at radius 2 is 1.52 bits per heavy atom. The quantitative estimate of drug-likeness (QED) is 0.221. The summed E-state index contributed by atoms with van der Waals surface area (Å²) in [5.41, 5.74) is 5.67.